The summed E-state index contributed by atoms with van der Waals surface area (Å²) in [6.07, 6.45) is 1.92. The lowest BCUT2D eigenvalue weighted by Crippen LogP contribution is -2.34. The standard InChI is InChI=1S/C23H25FN4O5S/c1-11-4-8-17(24)19(12(11)2)13(3)20(22-26-27-23(30)33-22)28-34(31,32)18-9-7-15(14-5-6-14)10-16(18)21(25)29/h4,7-10,13-14,20,28H,5-6H2,1-3H3,(H2,25,29)(H,27,30). The molecule has 1 heterocycles. The molecule has 1 aliphatic carbocycles. The van der Waals surface area contributed by atoms with Gasteiger partial charge in [0.1, 0.15) is 11.9 Å². The molecule has 180 valence electrons. The van der Waals surface area contributed by atoms with Crippen LogP contribution in [0.1, 0.15) is 76.1 Å². The maximum absolute atomic E-state index is 14.9. The Balaban J connectivity index is 1.79. The minimum absolute atomic E-state index is 0.148. The molecular weight excluding hydrogens is 463 g/mol. The molecule has 4 rings (SSSR count). The minimum atomic E-state index is -4.37. The van der Waals surface area contributed by atoms with E-state index in [0.717, 1.165) is 24.0 Å². The first-order valence-electron chi connectivity index (χ1n) is 10.8. The Bertz CT molecular complexity index is 1430. The Labute approximate surface area is 195 Å². The molecule has 1 aliphatic rings. The number of nitrogens with two attached hydrogens (primary N) is 1. The highest BCUT2D eigenvalue weighted by Gasteiger charge is 2.35. The molecule has 2 aromatic carbocycles. The highest BCUT2D eigenvalue weighted by molar-refractivity contribution is 7.89. The molecule has 2 unspecified atom stereocenters. The van der Waals surface area contributed by atoms with E-state index in [9.17, 15) is 22.4 Å². The van der Waals surface area contributed by atoms with Gasteiger partial charge in [-0.1, -0.05) is 19.1 Å². The Morgan fingerprint density at radius 3 is 2.56 bits per heavy atom. The molecule has 1 saturated carbocycles. The fourth-order valence-corrected chi connectivity index (χ4v) is 5.61. The number of nitrogens with one attached hydrogen (secondary N) is 2. The van der Waals surface area contributed by atoms with Crippen LogP contribution in [0.15, 0.2) is 44.4 Å². The van der Waals surface area contributed by atoms with E-state index in [1.165, 1.54) is 18.2 Å². The molecule has 1 fully saturated rings. The van der Waals surface area contributed by atoms with Gasteiger partial charge in [0.2, 0.25) is 21.8 Å². The van der Waals surface area contributed by atoms with Gasteiger partial charge in [-0.3, -0.25) is 4.79 Å². The van der Waals surface area contributed by atoms with Gasteiger partial charge < -0.3 is 10.2 Å². The lowest BCUT2D eigenvalue weighted by molar-refractivity contribution is 0.0997. The van der Waals surface area contributed by atoms with Crippen LogP contribution in [0.3, 0.4) is 0 Å². The number of sulfonamides is 1. The molecule has 3 aromatic rings. The smallest absolute Gasteiger partial charge is 0.391 e. The normalized spacial score (nSPS) is 15.8. The van der Waals surface area contributed by atoms with E-state index in [2.05, 4.69) is 14.9 Å². The molecule has 1 amide bonds. The summed E-state index contributed by atoms with van der Waals surface area (Å²) >= 11 is 0. The predicted octanol–water partition coefficient (Wildman–Crippen LogP) is 2.92. The molecule has 34 heavy (non-hydrogen) atoms. The first-order valence-corrected chi connectivity index (χ1v) is 12.2. The molecule has 0 bridgehead atoms. The van der Waals surface area contributed by atoms with E-state index in [0.29, 0.717) is 5.56 Å². The van der Waals surface area contributed by atoms with Gasteiger partial charge in [0, 0.05) is 5.92 Å². The molecule has 0 spiro atoms. The molecular formula is C23H25FN4O5S. The van der Waals surface area contributed by atoms with E-state index in [1.807, 2.05) is 0 Å². The largest absolute Gasteiger partial charge is 0.434 e. The summed E-state index contributed by atoms with van der Waals surface area (Å²) in [6.45, 7) is 5.12. The van der Waals surface area contributed by atoms with Crippen molar-refractivity contribution in [3.8, 4) is 0 Å². The lowest BCUT2D eigenvalue weighted by atomic mass is 9.88. The fraction of sp³-hybridized carbons (Fsp3) is 0.348. The number of hydrogen-bond donors (Lipinski definition) is 3. The van der Waals surface area contributed by atoms with Crippen LogP contribution in [0, 0.1) is 19.7 Å². The lowest BCUT2D eigenvalue weighted by Gasteiger charge is -2.25. The fourth-order valence-electron chi connectivity index (χ4n) is 4.15. The number of carbonyl (C=O) groups is 1. The summed E-state index contributed by atoms with van der Waals surface area (Å²) in [5.41, 5.74) is 7.87. The molecule has 2 atom stereocenters. The second-order valence-corrected chi connectivity index (χ2v) is 10.3. The number of hydrogen-bond acceptors (Lipinski definition) is 6. The third-order valence-corrected chi connectivity index (χ3v) is 7.80. The first-order chi connectivity index (χ1) is 16.0. The molecule has 0 radical (unpaired) electrons. The molecule has 0 aliphatic heterocycles. The van der Waals surface area contributed by atoms with Crippen molar-refractivity contribution in [2.75, 3.05) is 0 Å². The number of H-pyrrole nitrogens is 1. The van der Waals surface area contributed by atoms with Crippen molar-refractivity contribution >= 4 is 15.9 Å². The molecule has 1 aromatic heterocycles. The summed E-state index contributed by atoms with van der Waals surface area (Å²) in [5, 5.41) is 5.88. The van der Waals surface area contributed by atoms with Crippen LogP contribution in [0.25, 0.3) is 0 Å². The zero-order valence-corrected chi connectivity index (χ0v) is 19.7. The summed E-state index contributed by atoms with van der Waals surface area (Å²) in [4.78, 5) is 23.4. The van der Waals surface area contributed by atoms with Gasteiger partial charge in [-0.15, -0.1) is 5.10 Å². The van der Waals surface area contributed by atoms with Crippen LogP contribution >= 0.6 is 0 Å². The third-order valence-electron chi connectivity index (χ3n) is 6.30. The Kier molecular flexibility index (Phi) is 6.17. The monoisotopic (exact) mass is 488 g/mol. The van der Waals surface area contributed by atoms with Crippen molar-refractivity contribution in [1.82, 2.24) is 14.9 Å². The number of aromatic amines is 1. The van der Waals surface area contributed by atoms with Gasteiger partial charge in [-0.25, -0.2) is 22.7 Å². The maximum Gasteiger partial charge on any atom is 0.434 e. The maximum atomic E-state index is 14.9. The van der Waals surface area contributed by atoms with E-state index in [1.54, 1.807) is 32.9 Å². The highest BCUT2D eigenvalue weighted by atomic mass is 32.2. The third kappa shape index (κ3) is 4.53. The second kappa shape index (κ2) is 8.80. The second-order valence-electron chi connectivity index (χ2n) is 8.64. The summed E-state index contributed by atoms with van der Waals surface area (Å²) in [7, 11) is -4.37. The van der Waals surface area contributed by atoms with Crippen molar-refractivity contribution < 1.29 is 22.0 Å². The van der Waals surface area contributed by atoms with E-state index in [4.69, 9.17) is 10.2 Å². The number of amides is 1. The zero-order chi connectivity index (χ0) is 24.8. The van der Waals surface area contributed by atoms with Crippen molar-refractivity contribution in [3.63, 3.8) is 0 Å². The van der Waals surface area contributed by atoms with Gasteiger partial charge in [-0.05, 0) is 73.1 Å². The Morgan fingerprint density at radius 1 is 1.26 bits per heavy atom. The molecule has 9 nitrogen and oxygen atoms in total. The highest BCUT2D eigenvalue weighted by Crippen LogP contribution is 2.41. The number of aryl methyl sites for hydroxylation is 1. The number of benzene rings is 2. The number of nitrogens with zero attached hydrogens (tertiary/aromatic N) is 1. The van der Waals surface area contributed by atoms with E-state index >= 15 is 0 Å². The number of carbonyl (C=O) groups excluding carboxylic acids is 1. The number of primary amides is 1. The van der Waals surface area contributed by atoms with Crippen molar-refractivity contribution in [2.45, 2.75) is 56.4 Å². The van der Waals surface area contributed by atoms with Gasteiger partial charge in [0.25, 0.3) is 0 Å². The van der Waals surface area contributed by atoms with Gasteiger partial charge in [0.15, 0.2) is 0 Å². The topological polar surface area (TPSA) is 148 Å². The zero-order valence-electron chi connectivity index (χ0n) is 18.9. The van der Waals surface area contributed by atoms with Crippen molar-refractivity contribution in [1.29, 1.82) is 0 Å². The van der Waals surface area contributed by atoms with Crippen molar-refractivity contribution in [3.05, 3.63) is 80.4 Å². The minimum Gasteiger partial charge on any atom is -0.391 e. The summed E-state index contributed by atoms with van der Waals surface area (Å²) in [5.74, 6) is -3.13. The van der Waals surface area contributed by atoms with Crippen LogP contribution in [-0.2, 0) is 10.0 Å². The van der Waals surface area contributed by atoms with Gasteiger partial charge >= 0.3 is 5.76 Å². The Hall–Kier alpha value is -3.31. The van der Waals surface area contributed by atoms with Crippen LogP contribution in [0.4, 0.5) is 4.39 Å². The average molecular weight is 489 g/mol. The first kappa shape index (κ1) is 23.8. The molecule has 11 heteroatoms. The van der Waals surface area contributed by atoms with E-state index in [-0.39, 0.29) is 27.8 Å². The van der Waals surface area contributed by atoms with Crippen LogP contribution in [0.2, 0.25) is 0 Å². The van der Waals surface area contributed by atoms with Gasteiger partial charge in [-0.2, -0.15) is 4.72 Å². The van der Waals surface area contributed by atoms with Crippen LogP contribution < -0.4 is 16.2 Å². The number of halogens is 1. The van der Waals surface area contributed by atoms with Crippen LogP contribution in [0.5, 0.6) is 0 Å². The summed E-state index contributed by atoms with van der Waals surface area (Å²) < 4.78 is 49.3. The van der Waals surface area contributed by atoms with E-state index < -0.39 is 39.5 Å². The molecule has 4 N–H and O–H groups in total. The van der Waals surface area contributed by atoms with Crippen molar-refractivity contribution in [2.24, 2.45) is 5.73 Å². The predicted molar refractivity (Wildman–Crippen MR) is 121 cm³/mol. The SMILES string of the molecule is Cc1ccc(F)c(C(C)C(NS(=O)(=O)c2ccc(C3CC3)cc2C(N)=O)c2n[nH]c(=O)o2)c1C. The number of rotatable bonds is 8. The Morgan fingerprint density at radius 2 is 1.97 bits per heavy atom. The van der Waals surface area contributed by atoms with Gasteiger partial charge in [0.05, 0.1) is 10.5 Å². The average Bonchev–Trinajstić information content (AvgIpc) is 3.55. The quantitative estimate of drug-likeness (QED) is 0.444. The van der Waals surface area contributed by atoms with Crippen LogP contribution in [-0.4, -0.2) is 24.5 Å². The molecule has 0 saturated heterocycles. The number of aromatic nitrogens is 2. The summed E-state index contributed by atoms with van der Waals surface area (Å²) in [6, 6.07) is 6.12.